The lowest BCUT2D eigenvalue weighted by molar-refractivity contribution is 0.171. The van der Waals surface area contributed by atoms with Crippen molar-refractivity contribution >= 4 is 17.1 Å². The molecule has 0 N–H and O–H groups in total. The first-order valence-corrected chi connectivity index (χ1v) is 11.6. The van der Waals surface area contributed by atoms with Crippen molar-refractivity contribution < 1.29 is 18.9 Å². The summed E-state index contributed by atoms with van der Waals surface area (Å²) in [6.07, 6.45) is 1.59. The van der Waals surface area contributed by atoms with Crippen LogP contribution in [0.25, 0.3) is 22.3 Å². The zero-order valence-electron chi connectivity index (χ0n) is 20.9. The van der Waals surface area contributed by atoms with Gasteiger partial charge in [0.2, 0.25) is 12.5 Å². The van der Waals surface area contributed by atoms with E-state index in [2.05, 4.69) is 18.9 Å². The molecule has 184 valence electrons. The second-order valence-corrected chi connectivity index (χ2v) is 8.83. The van der Waals surface area contributed by atoms with E-state index in [1.165, 1.54) is 4.68 Å². The van der Waals surface area contributed by atoms with Gasteiger partial charge in [-0.15, -0.1) is 0 Å². The first kappa shape index (κ1) is 23.4. The van der Waals surface area contributed by atoms with Gasteiger partial charge in [0.1, 0.15) is 5.75 Å². The fourth-order valence-electron chi connectivity index (χ4n) is 4.32. The van der Waals surface area contributed by atoms with Crippen LogP contribution in [-0.2, 0) is 0 Å². The van der Waals surface area contributed by atoms with E-state index in [0.29, 0.717) is 39.5 Å². The van der Waals surface area contributed by atoms with Crippen LogP contribution in [0.4, 0.5) is 0 Å². The van der Waals surface area contributed by atoms with Gasteiger partial charge in [-0.05, 0) is 60.4 Å². The van der Waals surface area contributed by atoms with E-state index in [0.717, 1.165) is 22.4 Å². The largest absolute Gasteiger partial charge is 0.496 e. The quantitative estimate of drug-likeness (QED) is 0.352. The van der Waals surface area contributed by atoms with Crippen molar-refractivity contribution in [3.63, 3.8) is 0 Å². The van der Waals surface area contributed by atoms with Gasteiger partial charge in [-0.3, -0.25) is 4.79 Å². The molecular formula is C28H27N3O5. The summed E-state index contributed by atoms with van der Waals surface area (Å²) in [4.78, 5) is 18.5. The topological polar surface area (TPSA) is 84.2 Å². The van der Waals surface area contributed by atoms with Gasteiger partial charge in [0.25, 0.3) is 5.56 Å². The third-order valence-corrected chi connectivity index (χ3v) is 6.20. The zero-order valence-corrected chi connectivity index (χ0v) is 20.9. The third kappa shape index (κ3) is 4.04. The maximum Gasteiger partial charge on any atom is 0.282 e. The molecule has 4 aromatic rings. The minimum Gasteiger partial charge on any atom is -0.496 e. The lowest BCUT2D eigenvalue weighted by Crippen LogP contribution is -2.20. The van der Waals surface area contributed by atoms with E-state index in [1.54, 1.807) is 38.6 Å². The molecule has 1 aromatic heterocycles. The highest BCUT2D eigenvalue weighted by atomic mass is 16.7. The van der Waals surface area contributed by atoms with Crippen LogP contribution in [-0.4, -0.2) is 36.9 Å². The number of aryl methyl sites for hydroxylation is 1. The predicted molar refractivity (Wildman–Crippen MR) is 139 cm³/mol. The Kier molecular flexibility index (Phi) is 6.10. The van der Waals surface area contributed by atoms with Gasteiger partial charge >= 0.3 is 0 Å². The Morgan fingerprint density at radius 3 is 2.58 bits per heavy atom. The van der Waals surface area contributed by atoms with Crippen molar-refractivity contribution in [3.8, 4) is 34.4 Å². The monoisotopic (exact) mass is 485 g/mol. The first-order chi connectivity index (χ1) is 17.4. The van der Waals surface area contributed by atoms with Gasteiger partial charge in [0.15, 0.2) is 17.3 Å². The summed E-state index contributed by atoms with van der Waals surface area (Å²) in [5.74, 6) is 3.11. The van der Waals surface area contributed by atoms with Crippen molar-refractivity contribution in [3.05, 3.63) is 75.6 Å². The molecule has 0 fully saturated rings. The lowest BCUT2D eigenvalue weighted by Gasteiger charge is -2.17. The molecule has 0 unspecified atom stereocenters. The molecule has 0 radical (unpaired) electrons. The van der Waals surface area contributed by atoms with Gasteiger partial charge in [-0.1, -0.05) is 26.0 Å². The fourth-order valence-corrected chi connectivity index (χ4v) is 4.32. The number of aromatic nitrogens is 2. The van der Waals surface area contributed by atoms with Gasteiger partial charge in [0.05, 0.1) is 31.3 Å². The van der Waals surface area contributed by atoms with Crippen LogP contribution >= 0.6 is 0 Å². The Hall–Kier alpha value is -4.33. The highest BCUT2D eigenvalue weighted by Crippen LogP contribution is 2.41. The summed E-state index contributed by atoms with van der Waals surface area (Å²) in [5.41, 5.74) is 3.79. The number of ether oxygens (including phenoxy) is 4. The summed E-state index contributed by atoms with van der Waals surface area (Å²) in [6, 6.07) is 14.9. The van der Waals surface area contributed by atoms with E-state index < -0.39 is 0 Å². The van der Waals surface area contributed by atoms with Crippen molar-refractivity contribution in [2.75, 3.05) is 21.0 Å². The number of methoxy groups -OCH3 is 2. The Bertz CT molecular complexity index is 1560. The van der Waals surface area contributed by atoms with Crippen LogP contribution in [0.3, 0.4) is 0 Å². The molecule has 1 aliphatic heterocycles. The van der Waals surface area contributed by atoms with Gasteiger partial charge in [-0.25, -0.2) is 4.98 Å². The Balaban J connectivity index is 1.72. The Morgan fingerprint density at radius 1 is 1.06 bits per heavy atom. The minimum absolute atomic E-state index is 0.124. The van der Waals surface area contributed by atoms with Crippen LogP contribution < -0.4 is 24.5 Å². The van der Waals surface area contributed by atoms with Crippen LogP contribution in [0, 0.1) is 6.92 Å². The maximum atomic E-state index is 13.6. The molecule has 0 bridgehead atoms. The van der Waals surface area contributed by atoms with Crippen molar-refractivity contribution in [2.45, 2.75) is 26.7 Å². The summed E-state index contributed by atoms with van der Waals surface area (Å²) < 4.78 is 23.4. The molecule has 1 aliphatic rings. The van der Waals surface area contributed by atoms with Crippen molar-refractivity contribution in [1.82, 2.24) is 9.66 Å². The number of nitrogens with zero attached hydrogens (tertiary/aromatic N) is 3. The molecule has 3 aromatic carbocycles. The summed E-state index contributed by atoms with van der Waals surface area (Å²) in [6.45, 7) is 6.30. The molecule has 0 saturated carbocycles. The average molecular weight is 486 g/mol. The van der Waals surface area contributed by atoms with Gasteiger partial charge < -0.3 is 18.9 Å². The number of para-hydroxylation sites is 1. The fraction of sp³-hybridized carbons (Fsp3) is 0.250. The third-order valence-electron chi connectivity index (χ3n) is 6.20. The Labute approximate surface area is 208 Å². The van der Waals surface area contributed by atoms with Gasteiger partial charge in [0, 0.05) is 11.1 Å². The summed E-state index contributed by atoms with van der Waals surface area (Å²) in [5, 5.41) is 5.08. The van der Waals surface area contributed by atoms with Crippen LogP contribution in [0.1, 0.15) is 36.5 Å². The van der Waals surface area contributed by atoms with Crippen LogP contribution in [0.15, 0.2) is 58.4 Å². The zero-order chi connectivity index (χ0) is 25.4. The Morgan fingerprint density at radius 2 is 1.83 bits per heavy atom. The highest BCUT2D eigenvalue weighted by molar-refractivity contribution is 5.84. The van der Waals surface area contributed by atoms with Crippen LogP contribution in [0.2, 0.25) is 0 Å². The summed E-state index contributed by atoms with van der Waals surface area (Å²) >= 11 is 0. The lowest BCUT2D eigenvalue weighted by atomic mass is 9.96. The van der Waals surface area contributed by atoms with Crippen molar-refractivity contribution in [2.24, 2.45) is 5.10 Å². The predicted octanol–water partition coefficient (Wildman–Crippen LogP) is 5.12. The number of hydrogen-bond donors (Lipinski definition) is 0. The summed E-state index contributed by atoms with van der Waals surface area (Å²) in [7, 11) is 3.22. The van der Waals surface area contributed by atoms with Crippen molar-refractivity contribution in [1.29, 1.82) is 0 Å². The van der Waals surface area contributed by atoms with E-state index in [9.17, 15) is 4.79 Å². The van der Waals surface area contributed by atoms with Gasteiger partial charge in [-0.2, -0.15) is 9.78 Å². The molecule has 8 nitrogen and oxygen atoms in total. The SMILES string of the molecule is COc1cc(C)c(-c2nc3ccccc3c(=O)n2N=Cc2cc(OC)c3c(c2)OCO3)cc1C(C)C. The second-order valence-electron chi connectivity index (χ2n) is 8.83. The molecule has 36 heavy (non-hydrogen) atoms. The van der Waals surface area contributed by atoms with E-state index in [-0.39, 0.29) is 18.3 Å². The molecular weight excluding hydrogens is 458 g/mol. The van der Waals surface area contributed by atoms with E-state index in [4.69, 9.17) is 23.9 Å². The maximum absolute atomic E-state index is 13.6. The number of hydrogen-bond acceptors (Lipinski definition) is 7. The number of benzene rings is 3. The molecule has 0 saturated heterocycles. The number of rotatable bonds is 6. The minimum atomic E-state index is -0.263. The second kappa shape index (κ2) is 9.37. The molecule has 2 heterocycles. The highest BCUT2D eigenvalue weighted by Gasteiger charge is 2.21. The molecule has 0 aliphatic carbocycles. The molecule has 0 amide bonds. The van der Waals surface area contributed by atoms with E-state index in [1.807, 2.05) is 37.3 Å². The van der Waals surface area contributed by atoms with Crippen LogP contribution in [0.5, 0.6) is 23.0 Å². The standard InChI is InChI=1S/C28H27N3O5/c1-16(2)20-13-21(17(3)10-23(20)33-4)27-30-22-9-7-6-8-19(22)28(32)31(27)29-14-18-11-24(34-5)26-25(12-18)35-15-36-26/h6-14,16H,15H2,1-5H3. The normalized spacial score (nSPS) is 12.6. The molecule has 0 spiro atoms. The number of fused-ring (bicyclic) bond motifs is 2. The molecule has 5 rings (SSSR count). The van der Waals surface area contributed by atoms with E-state index >= 15 is 0 Å². The first-order valence-electron chi connectivity index (χ1n) is 11.6. The molecule has 8 heteroatoms. The average Bonchev–Trinajstić information content (AvgIpc) is 3.36. The smallest absolute Gasteiger partial charge is 0.282 e. The molecule has 0 atom stereocenters.